The van der Waals surface area contributed by atoms with E-state index in [1.807, 2.05) is 49.4 Å². The Morgan fingerprint density at radius 1 is 1.29 bits per heavy atom. The monoisotopic (exact) mass is 451 g/mol. The van der Waals surface area contributed by atoms with Gasteiger partial charge >= 0.3 is 0 Å². The van der Waals surface area contributed by atoms with Crippen molar-refractivity contribution < 1.29 is 4.79 Å². The topological polar surface area (TPSA) is 78.0 Å². The van der Waals surface area contributed by atoms with Gasteiger partial charge < -0.3 is 5.73 Å². The Hall–Kier alpha value is -1.87. The number of halogens is 1. The average molecular weight is 451 g/mol. The van der Waals surface area contributed by atoms with Gasteiger partial charge in [-0.15, -0.1) is 0 Å². The van der Waals surface area contributed by atoms with E-state index < -0.39 is 5.91 Å². The number of fused-ring (bicyclic) bond motifs is 1. The summed E-state index contributed by atoms with van der Waals surface area (Å²) in [5.74, 6) is -0.388. The van der Waals surface area contributed by atoms with Crippen molar-refractivity contribution in [3.8, 4) is 5.69 Å². The van der Waals surface area contributed by atoms with Gasteiger partial charge in [0.2, 0.25) is 5.91 Å². The van der Waals surface area contributed by atoms with Crippen LogP contribution in [0.15, 0.2) is 52.4 Å². The van der Waals surface area contributed by atoms with Crippen molar-refractivity contribution in [1.82, 2.24) is 9.55 Å². The Morgan fingerprint density at radius 3 is 2.79 bits per heavy atom. The van der Waals surface area contributed by atoms with Crippen molar-refractivity contribution in [2.24, 2.45) is 5.73 Å². The van der Waals surface area contributed by atoms with Gasteiger partial charge in [-0.2, -0.15) is 0 Å². The number of benzene rings is 2. The van der Waals surface area contributed by atoms with Crippen LogP contribution in [0.4, 0.5) is 0 Å². The molecule has 122 valence electrons. The molecule has 3 aromatic rings. The summed E-state index contributed by atoms with van der Waals surface area (Å²) in [5, 5.41) is 1.00. The lowest BCUT2D eigenvalue weighted by Gasteiger charge is -2.13. The van der Waals surface area contributed by atoms with Crippen LogP contribution >= 0.6 is 34.4 Å². The molecule has 0 atom stereocenters. The smallest absolute Gasteiger partial charge is 0.266 e. The van der Waals surface area contributed by atoms with Crippen molar-refractivity contribution in [2.75, 3.05) is 5.75 Å². The first-order valence-electron chi connectivity index (χ1n) is 7.16. The number of thioether (sulfide) groups is 1. The largest absolute Gasteiger partial charge is 0.369 e. The van der Waals surface area contributed by atoms with Crippen molar-refractivity contribution in [3.05, 3.63) is 62.0 Å². The third-order valence-corrected chi connectivity index (χ3v) is 5.03. The summed E-state index contributed by atoms with van der Waals surface area (Å²) in [6.45, 7) is 1.96. The van der Waals surface area contributed by atoms with Crippen LogP contribution in [0.3, 0.4) is 0 Å². The number of rotatable bonds is 4. The maximum Gasteiger partial charge on any atom is 0.266 e. The molecule has 24 heavy (non-hydrogen) atoms. The molecule has 2 aromatic carbocycles. The average Bonchev–Trinajstić information content (AvgIpc) is 2.53. The van der Waals surface area contributed by atoms with Gasteiger partial charge in [0.05, 0.1) is 22.3 Å². The summed E-state index contributed by atoms with van der Waals surface area (Å²) < 4.78 is 2.51. The quantitative estimate of drug-likeness (QED) is 0.376. The lowest BCUT2D eigenvalue weighted by atomic mass is 10.2. The second kappa shape index (κ2) is 6.94. The number of aryl methyl sites for hydroxylation is 1. The number of hydrogen-bond donors (Lipinski definition) is 1. The number of carbonyl (C=O) groups is 1. The van der Waals surface area contributed by atoms with Crippen LogP contribution in [0.1, 0.15) is 5.56 Å². The van der Waals surface area contributed by atoms with E-state index in [9.17, 15) is 9.59 Å². The van der Waals surface area contributed by atoms with E-state index in [0.29, 0.717) is 16.1 Å². The molecule has 0 aliphatic carbocycles. The van der Waals surface area contributed by atoms with Gasteiger partial charge in [0.25, 0.3) is 5.56 Å². The zero-order valence-corrected chi connectivity index (χ0v) is 15.8. The van der Waals surface area contributed by atoms with Crippen molar-refractivity contribution >= 4 is 51.2 Å². The minimum atomic E-state index is -0.451. The van der Waals surface area contributed by atoms with E-state index in [4.69, 9.17) is 5.73 Å². The molecule has 7 heteroatoms. The Bertz CT molecular complexity index is 1000. The molecule has 3 rings (SSSR count). The number of hydrogen-bond acceptors (Lipinski definition) is 4. The minimum absolute atomic E-state index is 0.0636. The van der Waals surface area contributed by atoms with E-state index in [1.165, 1.54) is 0 Å². The van der Waals surface area contributed by atoms with Gasteiger partial charge in [-0.05, 0) is 65.4 Å². The molecule has 1 amide bonds. The van der Waals surface area contributed by atoms with E-state index >= 15 is 0 Å². The third-order valence-electron chi connectivity index (χ3n) is 3.40. The fraction of sp³-hybridized carbons (Fsp3) is 0.118. The molecule has 1 aromatic heterocycles. The van der Waals surface area contributed by atoms with Crippen molar-refractivity contribution in [3.63, 3.8) is 0 Å². The highest BCUT2D eigenvalue weighted by molar-refractivity contribution is 14.1. The predicted molar refractivity (Wildman–Crippen MR) is 105 cm³/mol. The molecule has 0 bridgehead atoms. The molecular weight excluding hydrogens is 437 g/mol. The van der Waals surface area contributed by atoms with Crippen LogP contribution < -0.4 is 11.3 Å². The Kier molecular flexibility index (Phi) is 4.91. The lowest BCUT2D eigenvalue weighted by Crippen LogP contribution is -2.23. The number of nitrogens with zero attached hydrogens (tertiary/aromatic N) is 2. The van der Waals surface area contributed by atoms with Gasteiger partial charge in [-0.3, -0.25) is 14.2 Å². The lowest BCUT2D eigenvalue weighted by molar-refractivity contribution is -0.115. The Labute approximate surface area is 156 Å². The molecule has 0 aliphatic rings. The fourth-order valence-corrected chi connectivity index (χ4v) is 3.61. The molecule has 0 fully saturated rings. The molecule has 1 heterocycles. The highest BCUT2D eigenvalue weighted by Crippen LogP contribution is 2.22. The fourth-order valence-electron chi connectivity index (χ4n) is 2.36. The molecule has 0 radical (unpaired) electrons. The summed E-state index contributed by atoms with van der Waals surface area (Å²) in [5.41, 5.74) is 7.46. The predicted octanol–water partition coefficient (Wildman–Crippen LogP) is 2.88. The number of aromatic nitrogens is 2. The number of nitrogens with two attached hydrogens (primary N) is 1. The SMILES string of the molecule is Cc1cccc(-n2c(SCC(N)=O)nc3ccc(I)cc3c2=O)c1. The Morgan fingerprint density at radius 2 is 2.08 bits per heavy atom. The maximum absolute atomic E-state index is 13.0. The van der Waals surface area contributed by atoms with E-state index in [-0.39, 0.29) is 11.3 Å². The van der Waals surface area contributed by atoms with E-state index in [1.54, 1.807) is 4.57 Å². The molecule has 0 aliphatic heterocycles. The van der Waals surface area contributed by atoms with Gasteiger partial charge in [0, 0.05) is 3.57 Å². The van der Waals surface area contributed by atoms with Gasteiger partial charge in [-0.1, -0.05) is 23.9 Å². The first-order chi connectivity index (χ1) is 11.5. The standard InChI is InChI=1S/C17H14IN3O2S/c1-10-3-2-4-12(7-10)21-16(23)13-8-11(18)5-6-14(13)20-17(21)24-9-15(19)22/h2-8H,9H2,1H3,(H2,19,22). The van der Waals surface area contributed by atoms with Crippen LogP contribution in [0.5, 0.6) is 0 Å². The second-order valence-electron chi connectivity index (χ2n) is 5.29. The zero-order valence-electron chi connectivity index (χ0n) is 12.8. The molecule has 0 saturated heterocycles. The summed E-state index contributed by atoms with van der Waals surface area (Å²) in [6, 6.07) is 13.1. The number of amides is 1. The molecule has 5 nitrogen and oxygen atoms in total. The summed E-state index contributed by atoms with van der Waals surface area (Å²) >= 11 is 3.33. The highest BCUT2D eigenvalue weighted by Gasteiger charge is 2.14. The summed E-state index contributed by atoms with van der Waals surface area (Å²) in [7, 11) is 0. The molecule has 0 unspecified atom stereocenters. The van der Waals surface area contributed by atoms with Gasteiger partial charge in [-0.25, -0.2) is 4.98 Å². The van der Waals surface area contributed by atoms with Crippen LogP contribution in [0, 0.1) is 10.5 Å². The molecule has 0 spiro atoms. The highest BCUT2D eigenvalue weighted by atomic mass is 127. The van der Waals surface area contributed by atoms with Crippen LogP contribution in [-0.2, 0) is 4.79 Å². The van der Waals surface area contributed by atoms with Gasteiger partial charge in [0.1, 0.15) is 0 Å². The van der Waals surface area contributed by atoms with Crippen LogP contribution in [0.2, 0.25) is 0 Å². The van der Waals surface area contributed by atoms with Crippen molar-refractivity contribution in [2.45, 2.75) is 12.1 Å². The maximum atomic E-state index is 13.0. The number of carbonyl (C=O) groups excluding carboxylic acids is 1. The van der Waals surface area contributed by atoms with E-state index in [0.717, 1.165) is 26.6 Å². The van der Waals surface area contributed by atoms with Crippen LogP contribution in [-0.4, -0.2) is 21.2 Å². The Balaban J connectivity index is 2.30. The molecule has 0 saturated carbocycles. The van der Waals surface area contributed by atoms with Crippen LogP contribution in [0.25, 0.3) is 16.6 Å². The molecular formula is C17H14IN3O2S. The molecule has 2 N–H and O–H groups in total. The normalized spacial score (nSPS) is 10.9. The number of primary amides is 1. The first-order valence-corrected chi connectivity index (χ1v) is 9.22. The zero-order chi connectivity index (χ0) is 17.3. The third kappa shape index (κ3) is 3.46. The van der Waals surface area contributed by atoms with Crippen molar-refractivity contribution in [1.29, 1.82) is 0 Å². The van der Waals surface area contributed by atoms with Gasteiger partial charge in [0.15, 0.2) is 5.16 Å². The summed E-state index contributed by atoms with van der Waals surface area (Å²) in [6.07, 6.45) is 0. The second-order valence-corrected chi connectivity index (χ2v) is 7.48. The minimum Gasteiger partial charge on any atom is -0.369 e. The van der Waals surface area contributed by atoms with E-state index in [2.05, 4.69) is 27.6 Å². The summed E-state index contributed by atoms with van der Waals surface area (Å²) in [4.78, 5) is 28.8. The first kappa shape index (κ1) is 17.0.